The number of hydrogen-bond donors (Lipinski definition) is 2. The molecule has 0 radical (unpaired) electrons. The summed E-state index contributed by atoms with van der Waals surface area (Å²) >= 11 is 4.23. The zero-order chi connectivity index (χ0) is 13.0. The highest BCUT2D eigenvalue weighted by atomic mass is 32.1. The number of likely N-dealkylation sites (tertiary alicyclic amines) is 1. The van der Waals surface area contributed by atoms with E-state index < -0.39 is 0 Å². The Balaban J connectivity index is 1.83. The van der Waals surface area contributed by atoms with Gasteiger partial charge in [-0.15, -0.1) is 12.6 Å². The van der Waals surface area contributed by atoms with Crippen LogP contribution in [0.4, 0.5) is 0 Å². The molecule has 18 heavy (non-hydrogen) atoms. The first-order valence-corrected chi connectivity index (χ1v) is 6.84. The van der Waals surface area contributed by atoms with Gasteiger partial charge in [-0.05, 0) is 44.1 Å². The molecule has 3 nitrogen and oxygen atoms in total. The minimum absolute atomic E-state index is 0.113. The topological polar surface area (TPSA) is 32.3 Å². The Hall–Kier alpha value is -1.00. The molecule has 0 aliphatic carbocycles. The van der Waals surface area contributed by atoms with Gasteiger partial charge in [-0.2, -0.15) is 0 Å². The number of carbonyl (C=O) groups excluding carboxylic acids is 1. The average Bonchev–Trinajstić information content (AvgIpc) is 2.32. The van der Waals surface area contributed by atoms with Crippen LogP contribution >= 0.6 is 12.6 Å². The normalized spacial score (nSPS) is 20.7. The number of piperidine rings is 1. The Bertz CT molecular complexity index is 405. The van der Waals surface area contributed by atoms with Crippen LogP contribution in [0.15, 0.2) is 29.2 Å². The molecule has 1 aromatic carbocycles. The van der Waals surface area contributed by atoms with Crippen molar-refractivity contribution in [2.24, 2.45) is 0 Å². The Morgan fingerprint density at radius 1 is 1.44 bits per heavy atom. The van der Waals surface area contributed by atoms with Gasteiger partial charge in [0.25, 0.3) is 0 Å². The van der Waals surface area contributed by atoms with Gasteiger partial charge in [0.15, 0.2) is 0 Å². The lowest BCUT2D eigenvalue weighted by Gasteiger charge is -2.30. The van der Waals surface area contributed by atoms with Gasteiger partial charge in [0.2, 0.25) is 5.91 Å². The molecule has 98 valence electrons. The molecule has 2 rings (SSSR count). The van der Waals surface area contributed by atoms with Crippen molar-refractivity contribution < 1.29 is 4.79 Å². The summed E-state index contributed by atoms with van der Waals surface area (Å²) < 4.78 is 0. The average molecular weight is 264 g/mol. The summed E-state index contributed by atoms with van der Waals surface area (Å²) in [6.45, 7) is 2.09. The van der Waals surface area contributed by atoms with Crippen LogP contribution < -0.4 is 5.32 Å². The lowest BCUT2D eigenvalue weighted by atomic mass is 10.1. The second-order valence-electron chi connectivity index (χ2n) is 5.01. The molecule has 4 heteroatoms. The number of amides is 1. The molecule has 1 heterocycles. The maximum atomic E-state index is 11.9. The Morgan fingerprint density at radius 3 is 2.83 bits per heavy atom. The van der Waals surface area contributed by atoms with Crippen molar-refractivity contribution in [3.63, 3.8) is 0 Å². The first kappa shape index (κ1) is 13.4. The smallest absolute Gasteiger partial charge is 0.224 e. The third-order valence-electron chi connectivity index (χ3n) is 3.29. The van der Waals surface area contributed by atoms with Crippen LogP contribution in [0.5, 0.6) is 0 Å². The van der Waals surface area contributed by atoms with E-state index in [0.29, 0.717) is 12.5 Å². The maximum absolute atomic E-state index is 11.9. The summed E-state index contributed by atoms with van der Waals surface area (Å²) in [5.74, 6) is 0.113. The zero-order valence-corrected chi connectivity index (χ0v) is 11.6. The number of likely N-dealkylation sites (N-methyl/N-ethyl adjacent to an activating group) is 1. The largest absolute Gasteiger partial charge is 0.352 e. The number of nitrogens with one attached hydrogen (secondary N) is 1. The molecule has 1 atom stereocenters. The van der Waals surface area contributed by atoms with Crippen LogP contribution in [0.1, 0.15) is 18.4 Å². The van der Waals surface area contributed by atoms with Crippen LogP contribution in [0.25, 0.3) is 0 Å². The van der Waals surface area contributed by atoms with E-state index in [2.05, 4.69) is 29.9 Å². The highest BCUT2D eigenvalue weighted by molar-refractivity contribution is 7.80. The standard InChI is InChI=1S/C14H20N2OS/c1-16-8-2-3-12(10-16)15-14(17)9-11-4-6-13(18)7-5-11/h4-7,12,18H,2-3,8-10H2,1H3,(H,15,17). The Labute approximate surface area is 114 Å². The first-order valence-electron chi connectivity index (χ1n) is 6.39. The van der Waals surface area contributed by atoms with Gasteiger partial charge in [-0.3, -0.25) is 4.79 Å². The van der Waals surface area contributed by atoms with E-state index in [-0.39, 0.29) is 5.91 Å². The van der Waals surface area contributed by atoms with Gasteiger partial charge in [0, 0.05) is 17.5 Å². The predicted molar refractivity (Wildman–Crippen MR) is 76.1 cm³/mol. The lowest BCUT2D eigenvalue weighted by Crippen LogP contribution is -2.46. The van der Waals surface area contributed by atoms with Crippen molar-refractivity contribution in [2.75, 3.05) is 20.1 Å². The monoisotopic (exact) mass is 264 g/mol. The highest BCUT2D eigenvalue weighted by Crippen LogP contribution is 2.10. The van der Waals surface area contributed by atoms with Crippen molar-refractivity contribution >= 4 is 18.5 Å². The zero-order valence-electron chi connectivity index (χ0n) is 10.7. The number of carbonyl (C=O) groups is 1. The molecule has 1 N–H and O–H groups in total. The van der Waals surface area contributed by atoms with Crippen LogP contribution in [0, 0.1) is 0 Å². The summed E-state index contributed by atoms with van der Waals surface area (Å²) in [7, 11) is 2.10. The number of thiol groups is 1. The van der Waals surface area contributed by atoms with Crippen molar-refractivity contribution in [1.29, 1.82) is 0 Å². The molecule has 1 aliphatic rings. The molecule has 1 fully saturated rings. The van der Waals surface area contributed by atoms with E-state index in [0.717, 1.165) is 36.4 Å². The number of benzene rings is 1. The first-order chi connectivity index (χ1) is 8.63. The number of nitrogens with zero attached hydrogens (tertiary/aromatic N) is 1. The number of hydrogen-bond acceptors (Lipinski definition) is 3. The van der Waals surface area contributed by atoms with Gasteiger partial charge < -0.3 is 10.2 Å². The molecule has 1 aliphatic heterocycles. The maximum Gasteiger partial charge on any atom is 0.224 e. The molecule has 0 bridgehead atoms. The van der Waals surface area contributed by atoms with Crippen molar-refractivity contribution in [3.8, 4) is 0 Å². The van der Waals surface area contributed by atoms with Gasteiger partial charge in [0.1, 0.15) is 0 Å². The fourth-order valence-corrected chi connectivity index (χ4v) is 2.51. The molecular formula is C14H20N2OS. The second kappa shape index (κ2) is 6.25. The van der Waals surface area contributed by atoms with Crippen LogP contribution in [0.3, 0.4) is 0 Å². The second-order valence-corrected chi connectivity index (χ2v) is 5.53. The summed E-state index contributed by atoms with van der Waals surface area (Å²) in [6.07, 6.45) is 2.70. The molecule has 1 amide bonds. The Morgan fingerprint density at radius 2 is 2.17 bits per heavy atom. The third kappa shape index (κ3) is 4.03. The Kier molecular flexibility index (Phi) is 4.66. The van der Waals surface area contributed by atoms with Gasteiger partial charge in [0.05, 0.1) is 6.42 Å². The quantitative estimate of drug-likeness (QED) is 0.815. The van der Waals surface area contributed by atoms with E-state index in [1.54, 1.807) is 0 Å². The van der Waals surface area contributed by atoms with E-state index in [9.17, 15) is 4.79 Å². The van der Waals surface area contributed by atoms with E-state index in [1.165, 1.54) is 0 Å². The molecule has 1 aromatic rings. The molecular weight excluding hydrogens is 244 g/mol. The highest BCUT2D eigenvalue weighted by Gasteiger charge is 2.18. The SMILES string of the molecule is CN1CCCC(NC(=O)Cc2ccc(S)cc2)C1. The van der Waals surface area contributed by atoms with Crippen molar-refractivity contribution in [2.45, 2.75) is 30.2 Å². The van der Waals surface area contributed by atoms with Gasteiger partial charge in [-0.25, -0.2) is 0 Å². The lowest BCUT2D eigenvalue weighted by molar-refractivity contribution is -0.121. The summed E-state index contributed by atoms with van der Waals surface area (Å²) in [4.78, 5) is 15.1. The fourth-order valence-electron chi connectivity index (χ4n) is 2.36. The molecule has 1 saturated heterocycles. The van der Waals surface area contributed by atoms with E-state index in [1.807, 2.05) is 24.3 Å². The number of rotatable bonds is 3. The summed E-state index contributed by atoms with van der Waals surface area (Å²) in [5.41, 5.74) is 1.04. The summed E-state index contributed by atoms with van der Waals surface area (Å²) in [5, 5.41) is 3.11. The van der Waals surface area contributed by atoms with Crippen LogP contribution in [-0.2, 0) is 11.2 Å². The van der Waals surface area contributed by atoms with Gasteiger partial charge in [-0.1, -0.05) is 12.1 Å². The van der Waals surface area contributed by atoms with Crippen LogP contribution in [0.2, 0.25) is 0 Å². The van der Waals surface area contributed by atoms with E-state index in [4.69, 9.17) is 0 Å². The fraction of sp³-hybridized carbons (Fsp3) is 0.500. The van der Waals surface area contributed by atoms with E-state index >= 15 is 0 Å². The molecule has 0 aromatic heterocycles. The molecule has 0 saturated carbocycles. The van der Waals surface area contributed by atoms with Gasteiger partial charge >= 0.3 is 0 Å². The minimum Gasteiger partial charge on any atom is -0.352 e. The molecule has 1 unspecified atom stereocenters. The summed E-state index contributed by atoms with van der Waals surface area (Å²) in [6, 6.07) is 8.05. The van der Waals surface area contributed by atoms with Crippen molar-refractivity contribution in [1.82, 2.24) is 10.2 Å². The minimum atomic E-state index is 0.113. The predicted octanol–water partition coefficient (Wildman–Crippen LogP) is 1.73. The molecule has 0 spiro atoms. The van der Waals surface area contributed by atoms with Crippen LogP contribution in [-0.4, -0.2) is 37.0 Å². The van der Waals surface area contributed by atoms with Crippen molar-refractivity contribution in [3.05, 3.63) is 29.8 Å². The third-order valence-corrected chi connectivity index (χ3v) is 3.59.